The third-order valence-corrected chi connectivity index (χ3v) is 9.86. The maximum Gasteiger partial charge on any atom is 0.416 e. The zero-order chi connectivity index (χ0) is 35.7. The van der Waals surface area contributed by atoms with Crippen molar-refractivity contribution in [3.8, 4) is 12.1 Å². The van der Waals surface area contributed by atoms with Crippen molar-refractivity contribution in [2.75, 3.05) is 9.44 Å². The number of fused-ring (bicyclic) bond motifs is 2. The fourth-order valence-corrected chi connectivity index (χ4v) is 7.14. The number of aromatic amines is 2. The summed E-state index contributed by atoms with van der Waals surface area (Å²) in [5.74, 6) is -2.04. The van der Waals surface area contributed by atoms with Gasteiger partial charge in [0.25, 0.3) is 20.0 Å². The molecule has 0 spiro atoms. The van der Waals surface area contributed by atoms with Crippen LogP contribution in [0.25, 0.3) is 21.8 Å². The molecule has 0 aliphatic heterocycles. The van der Waals surface area contributed by atoms with Gasteiger partial charge in [-0.25, -0.2) is 25.6 Å². The van der Waals surface area contributed by atoms with Crippen molar-refractivity contribution in [3.05, 3.63) is 119 Å². The fourth-order valence-electron chi connectivity index (χ4n) is 4.67. The Hall–Kier alpha value is -5.91. The second-order valence-corrected chi connectivity index (χ2v) is 13.7. The van der Waals surface area contributed by atoms with Gasteiger partial charge in [-0.1, -0.05) is 18.2 Å². The Morgan fingerprint density at radius 2 is 1.27 bits per heavy atom. The van der Waals surface area contributed by atoms with E-state index < -0.39 is 54.7 Å². The molecular formula is C32H21F5N6O4S2. The van der Waals surface area contributed by atoms with E-state index in [0.717, 1.165) is 30.0 Å². The van der Waals surface area contributed by atoms with Crippen LogP contribution >= 0.6 is 0 Å². The molecule has 17 heteroatoms. The molecular weight excluding hydrogens is 692 g/mol. The van der Waals surface area contributed by atoms with Crippen LogP contribution in [0.2, 0.25) is 0 Å². The first kappa shape index (κ1) is 34.4. The van der Waals surface area contributed by atoms with Gasteiger partial charge in [0.1, 0.15) is 27.5 Å². The molecule has 6 rings (SSSR count). The van der Waals surface area contributed by atoms with Gasteiger partial charge < -0.3 is 9.97 Å². The lowest BCUT2D eigenvalue weighted by molar-refractivity contribution is -0.137. The van der Waals surface area contributed by atoms with Crippen LogP contribution in [0, 0.1) is 41.2 Å². The van der Waals surface area contributed by atoms with Gasteiger partial charge >= 0.3 is 6.18 Å². The second kappa shape index (κ2) is 12.9. The summed E-state index contributed by atoms with van der Waals surface area (Å²) in [4.78, 5) is 5.14. The number of benzene rings is 4. The van der Waals surface area contributed by atoms with Crippen molar-refractivity contribution in [1.82, 2.24) is 9.97 Å². The molecule has 0 bridgehead atoms. The van der Waals surface area contributed by atoms with Crippen molar-refractivity contribution < 1.29 is 38.8 Å². The molecule has 250 valence electrons. The molecule has 10 nitrogen and oxygen atoms in total. The van der Waals surface area contributed by atoms with Crippen molar-refractivity contribution in [2.45, 2.75) is 22.9 Å². The van der Waals surface area contributed by atoms with E-state index in [0.29, 0.717) is 28.6 Å². The minimum atomic E-state index is -4.51. The standard InChI is InChI=1S/C16H10F3N3O2S.C16H11F2N3O2S/c17-16(18,19)11-3-6-13-14(7-11)21-9-15(13)25(23,24)22-12-4-1-10(8-20)2-5-12;1-9-2-3-11-14(4-9)20-8-16(11)24(22,23)21-15-6-12(17)10(7-19)5-13(15)18/h1-7,9,21-22H;2-6,8,20-21H,1H3. The number of hydrogen-bond donors (Lipinski definition) is 4. The molecule has 0 unspecified atom stereocenters. The SMILES string of the molecule is Cc1ccc2c(S(=O)(=O)Nc3cc(F)c(C#N)cc3F)c[nH]c2c1.N#Cc1ccc(NS(=O)(=O)c2c[nH]c3cc(C(F)(F)F)ccc23)cc1. The summed E-state index contributed by atoms with van der Waals surface area (Å²) in [5.41, 5.74) is 0.296. The summed E-state index contributed by atoms with van der Waals surface area (Å²) in [6.07, 6.45) is -2.10. The van der Waals surface area contributed by atoms with Crippen LogP contribution in [0.15, 0.2) is 95.0 Å². The van der Waals surface area contributed by atoms with Crippen molar-refractivity contribution >= 4 is 53.2 Å². The van der Waals surface area contributed by atoms with E-state index in [1.54, 1.807) is 18.2 Å². The molecule has 2 heterocycles. The lowest BCUT2D eigenvalue weighted by atomic mass is 10.1. The number of hydrogen-bond acceptors (Lipinski definition) is 6. The summed E-state index contributed by atoms with van der Waals surface area (Å²) >= 11 is 0. The molecule has 0 atom stereocenters. The van der Waals surface area contributed by atoms with E-state index in [9.17, 15) is 38.8 Å². The van der Waals surface area contributed by atoms with Crippen LogP contribution in [-0.2, 0) is 26.2 Å². The number of sulfonamides is 2. The van der Waals surface area contributed by atoms with Gasteiger partial charge in [0.05, 0.1) is 28.4 Å². The maximum absolute atomic E-state index is 13.9. The number of anilines is 2. The average Bonchev–Trinajstić information content (AvgIpc) is 3.67. The van der Waals surface area contributed by atoms with Crippen molar-refractivity contribution in [3.63, 3.8) is 0 Å². The monoisotopic (exact) mass is 712 g/mol. The molecule has 0 radical (unpaired) electrons. The number of halogens is 5. The number of aromatic nitrogens is 2. The first-order valence-electron chi connectivity index (χ1n) is 13.7. The Labute approximate surface area is 275 Å². The van der Waals surface area contributed by atoms with Gasteiger partial charge in [-0.05, 0) is 61.0 Å². The molecule has 0 aliphatic carbocycles. The van der Waals surface area contributed by atoms with Crippen molar-refractivity contribution in [1.29, 1.82) is 10.5 Å². The van der Waals surface area contributed by atoms with Gasteiger partial charge in [-0.15, -0.1) is 0 Å². The van der Waals surface area contributed by atoms with Crippen LogP contribution in [0.5, 0.6) is 0 Å². The van der Waals surface area contributed by atoms with Crippen molar-refractivity contribution in [2.24, 2.45) is 0 Å². The minimum Gasteiger partial charge on any atom is -0.360 e. The topological polar surface area (TPSA) is 171 Å². The third kappa shape index (κ3) is 7.33. The van der Waals surface area contributed by atoms with Crippen LogP contribution in [-0.4, -0.2) is 26.8 Å². The quantitative estimate of drug-likeness (QED) is 0.132. The Morgan fingerprint density at radius 1 is 0.694 bits per heavy atom. The smallest absolute Gasteiger partial charge is 0.360 e. The third-order valence-electron chi connectivity index (χ3n) is 7.04. The van der Waals surface area contributed by atoms with E-state index >= 15 is 0 Å². The lowest BCUT2D eigenvalue weighted by Crippen LogP contribution is -2.14. The number of rotatable bonds is 6. The van der Waals surface area contributed by atoms with Gasteiger partial charge in [0.2, 0.25) is 0 Å². The number of nitrogens with zero attached hydrogens (tertiary/aromatic N) is 2. The lowest BCUT2D eigenvalue weighted by Gasteiger charge is -2.09. The summed E-state index contributed by atoms with van der Waals surface area (Å²) in [7, 11) is -8.15. The van der Waals surface area contributed by atoms with Gasteiger partial charge in [0.15, 0.2) is 0 Å². The Kier molecular flexibility index (Phi) is 9.10. The van der Waals surface area contributed by atoms with E-state index in [4.69, 9.17) is 10.5 Å². The number of H-pyrrole nitrogens is 2. The van der Waals surface area contributed by atoms with E-state index in [1.807, 2.05) is 17.7 Å². The van der Waals surface area contributed by atoms with Gasteiger partial charge in [-0.3, -0.25) is 9.44 Å². The number of nitriles is 2. The maximum atomic E-state index is 13.9. The van der Waals surface area contributed by atoms with Gasteiger partial charge in [-0.2, -0.15) is 23.7 Å². The zero-order valence-electron chi connectivity index (χ0n) is 24.8. The first-order chi connectivity index (χ1) is 23.0. The van der Waals surface area contributed by atoms with Gasteiger partial charge in [0, 0.05) is 46.0 Å². The molecule has 0 fully saturated rings. The minimum absolute atomic E-state index is 0.0648. The fraction of sp³-hybridized carbons (Fsp3) is 0.0625. The summed E-state index contributed by atoms with van der Waals surface area (Å²) in [6, 6.07) is 18.4. The molecule has 0 saturated carbocycles. The highest BCUT2D eigenvalue weighted by Gasteiger charge is 2.31. The summed E-state index contributed by atoms with van der Waals surface area (Å²) < 4.78 is 120. The second-order valence-electron chi connectivity index (χ2n) is 10.4. The number of alkyl halides is 3. The van der Waals surface area contributed by atoms with E-state index in [-0.39, 0.29) is 26.4 Å². The molecule has 6 aromatic rings. The van der Waals surface area contributed by atoms with Crippen LogP contribution < -0.4 is 9.44 Å². The zero-order valence-corrected chi connectivity index (χ0v) is 26.4. The Morgan fingerprint density at radius 3 is 1.84 bits per heavy atom. The molecule has 4 aromatic carbocycles. The number of nitrogens with one attached hydrogen (secondary N) is 4. The van der Waals surface area contributed by atoms with Crippen LogP contribution in [0.3, 0.4) is 0 Å². The largest absolute Gasteiger partial charge is 0.416 e. The predicted octanol–water partition coefficient (Wildman–Crippen LogP) is 7.29. The summed E-state index contributed by atoms with van der Waals surface area (Å²) in [5, 5.41) is 18.0. The number of aryl methyl sites for hydroxylation is 1. The highest BCUT2D eigenvalue weighted by molar-refractivity contribution is 7.93. The van der Waals surface area contributed by atoms with Crippen LogP contribution in [0.1, 0.15) is 22.3 Å². The summed E-state index contributed by atoms with van der Waals surface area (Å²) in [6.45, 7) is 1.86. The molecule has 0 amide bonds. The van der Waals surface area contributed by atoms with Crippen LogP contribution in [0.4, 0.5) is 33.3 Å². The highest BCUT2D eigenvalue weighted by Crippen LogP contribution is 2.33. The normalized spacial score (nSPS) is 11.8. The molecule has 0 aliphatic rings. The molecule has 49 heavy (non-hydrogen) atoms. The molecule has 4 N–H and O–H groups in total. The Bertz CT molecular complexity index is 2530. The Balaban J connectivity index is 0.000000191. The highest BCUT2D eigenvalue weighted by atomic mass is 32.2. The predicted molar refractivity (Wildman–Crippen MR) is 170 cm³/mol. The average molecular weight is 713 g/mol. The van der Waals surface area contributed by atoms with E-state index in [2.05, 4.69) is 14.7 Å². The molecule has 2 aromatic heterocycles. The van der Waals surface area contributed by atoms with E-state index in [1.165, 1.54) is 36.5 Å². The molecule has 0 saturated heterocycles. The first-order valence-corrected chi connectivity index (χ1v) is 16.7.